The molecule has 0 radical (unpaired) electrons. The minimum absolute atomic E-state index is 1.16. The van der Waals surface area contributed by atoms with Crippen LogP contribution in [0.15, 0.2) is 140 Å². The molecule has 2 nitrogen and oxygen atoms in total. The summed E-state index contributed by atoms with van der Waals surface area (Å²) >= 11 is 0. The van der Waals surface area contributed by atoms with Crippen LogP contribution in [-0.4, -0.2) is 11.6 Å². The maximum absolute atomic E-state index is 2.48. The first kappa shape index (κ1) is 22.0. The van der Waals surface area contributed by atoms with Crippen LogP contribution < -0.4 is 4.90 Å². The molecule has 0 aliphatic heterocycles. The number of aromatic nitrogens is 1. The fraction of sp³-hybridized carbons (Fsp3) is 0.0270. The molecule has 0 amide bonds. The molecule has 8 rings (SSSR count). The molecule has 39 heavy (non-hydrogen) atoms. The van der Waals surface area contributed by atoms with Crippen LogP contribution in [0.3, 0.4) is 0 Å². The third-order valence-electron chi connectivity index (χ3n) is 8.14. The maximum Gasteiger partial charge on any atom is 0.0625 e. The van der Waals surface area contributed by atoms with Crippen molar-refractivity contribution in [2.24, 2.45) is 0 Å². The van der Waals surface area contributed by atoms with Crippen LogP contribution in [0, 0.1) is 0 Å². The van der Waals surface area contributed by atoms with E-state index in [0.717, 1.165) is 5.69 Å². The Kier molecular flexibility index (Phi) is 4.77. The van der Waals surface area contributed by atoms with E-state index in [1.54, 1.807) is 0 Å². The lowest BCUT2D eigenvalue weighted by atomic mass is 9.97. The molecule has 0 atom stereocenters. The van der Waals surface area contributed by atoms with Crippen LogP contribution in [0.4, 0.5) is 11.4 Å². The lowest BCUT2D eigenvalue weighted by Gasteiger charge is -2.20. The van der Waals surface area contributed by atoms with Gasteiger partial charge in [-0.1, -0.05) is 103 Å². The van der Waals surface area contributed by atoms with Gasteiger partial charge in [0, 0.05) is 40.3 Å². The summed E-state index contributed by atoms with van der Waals surface area (Å²) in [5.41, 5.74) is 5.97. The summed E-state index contributed by atoms with van der Waals surface area (Å²) < 4.78 is 2.48. The van der Waals surface area contributed by atoms with Gasteiger partial charge in [-0.05, 0) is 63.3 Å². The SMILES string of the molecule is CN(c1ccccc1)c1ccc2c3c4ccccc4c4ccccc4c3n(-c3ccc4ccccc4c3)c2c1. The van der Waals surface area contributed by atoms with E-state index in [4.69, 9.17) is 0 Å². The van der Waals surface area contributed by atoms with Gasteiger partial charge in [0.15, 0.2) is 0 Å². The first-order valence-electron chi connectivity index (χ1n) is 13.4. The van der Waals surface area contributed by atoms with Gasteiger partial charge < -0.3 is 9.47 Å². The fourth-order valence-corrected chi connectivity index (χ4v) is 6.26. The minimum Gasteiger partial charge on any atom is -0.345 e. The fourth-order valence-electron chi connectivity index (χ4n) is 6.26. The molecule has 2 heteroatoms. The highest BCUT2D eigenvalue weighted by Gasteiger charge is 2.20. The van der Waals surface area contributed by atoms with Crippen LogP contribution in [0.25, 0.3) is 59.8 Å². The van der Waals surface area contributed by atoms with Crippen molar-refractivity contribution in [2.75, 3.05) is 11.9 Å². The van der Waals surface area contributed by atoms with E-state index < -0.39 is 0 Å². The molecule has 0 saturated carbocycles. The summed E-state index contributed by atoms with van der Waals surface area (Å²) in [4.78, 5) is 2.26. The maximum atomic E-state index is 2.48. The number of anilines is 2. The van der Waals surface area contributed by atoms with E-state index in [1.807, 2.05) is 0 Å². The van der Waals surface area contributed by atoms with Crippen LogP contribution in [0.1, 0.15) is 0 Å². The molecule has 0 unspecified atom stereocenters. The Hall–Kier alpha value is -5.08. The highest BCUT2D eigenvalue weighted by molar-refractivity contribution is 6.32. The molecular formula is C37H26N2. The van der Waals surface area contributed by atoms with Gasteiger partial charge in [0.05, 0.1) is 11.0 Å². The van der Waals surface area contributed by atoms with Gasteiger partial charge in [-0.15, -0.1) is 0 Å². The lowest BCUT2D eigenvalue weighted by Crippen LogP contribution is -2.09. The molecule has 0 aliphatic carbocycles. The zero-order chi connectivity index (χ0) is 25.9. The third-order valence-corrected chi connectivity index (χ3v) is 8.14. The highest BCUT2D eigenvalue weighted by atomic mass is 15.1. The van der Waals surface area contributed by atoms with Crippen LogP contribution in [0.5, 0.6) is 0 Å². The Balaban J connectivity index is 1.55. The zero-order valence-electron chi connectivity index (χ0n) is 21.7. The Morgan fingerprint density at radius 2 is 1.10 bits per heavy atom. The number of fused-ring (bicyclic) bond motifs is 9. The summed E-state index contributed by atoms with van der Waals surface area (Å²) in [5, 5.41) is 10.2. The molecule has 0 bridgehead atoms. The Morgan fingerprint density at radius 1 is 0.462 bits per heavy atom. The van der Waals surface area contributed by atoms with Gasteiger partial charge in [0.2, 0.25) is 0 Å². The monoisotopic (exact) mass is 498 g/mol. The molecule has 0 fully saturated rings. The largest absolute Gasteiger partial charge is 0.345 e. The summed E-state index contributed by atoms with van der Waals surface area (Å²) in [6.45, 7) is 0. The average molecular weight is 499 g/mol. The molecule has 184 valence electrons. The number of nitrogens with zero attached hydrogens (tertiary/aromatic N) is 2. The predicted molar refractivity (Wildman–Crippen MR) is 168 cm³/mol. The van der Waals surface area contributed by atoms with Crippen LogP contribution in [-0.2, 0) is 0 Å². The van der Waals surface area contributed by atoms with Gasteiger partial charge in [-0.25, -0.2) is 0 Å². The summed E-state index contributed by atoms with van der Waals surface area (Å²) in [6, 6.07) is 50.6. The Morgan fingerprint density at radius 3 is 1.90 bits per heavy atom. The van der Waals surface area contributed by atoms with Crippen molar-refractivity contribution in [3.8, 4) is 5.69 Å². The zero-order valence-corrected chi connectivity index (χ0v) is 21.7. The second kappa shape index (κ2) is 8.47. The van der Waals surface area contributed by atoms with Gasteiger partial charge >= 0.3 is 0 Å². The standard InChI is InChI=1S/C37H26N2/c1-38(27-13-3-2-4-14-27)28-21-22-34-35(24-28)39(29-20-19-25-11-5-6-12-26(25)23-29)37-33-18-10-8-16-31(33)30-15-7-9-17-32(30)36(34)37/h2-24H,1H3. The van der Waals surface area contributed by atoms with E-state index in [2.05, 4.69) is 156 Å². The number of benzene rings is 7. The molecule has 0 N–H and O–H groups in total. The first-order valence-corrected chi connectivity index (χ1v) is 13.4. The minimum atomic E-state index is 1.16. The summed E-state index contributed by atoms with van der Waals surface area (Å²) in [5.74, 6) is 0. The number of hydrogen-bond donors (Lipinski definition) is 0. The first-order chi connectivity index (χ1) is 19.3. The summed E-state index contributed by atoms with van der Waals surface area (Å²) in [6.07, 6.45) is 0. The predicted octanol–water partition coefficient (Wildman–Crippen LogP) is 10.0. The number of hydrogen-bond acceptors (Lipinski definition) is 1. The van der Waals surface area contributed by atoms with Crippen LogP contribution in [0.2, 0.25) is 0 Å². The molecule has 1 heterocycles. The van der Waals surface area contributed by atoms with E-state index in [0.29, 0.717) is 0 Å². The molecule has 8 aromatic rings. The van der Waals surface area contributed by atoms with Crippen molar-refractivity contribution in [1.29, 1.82) is 0 Å². The summed E-state index contributed by atoms with van der Waals surface area (Å²) in [7, 11) is 2.14. The van der Waals surface area contributed by atoms with Crippen molar-refractivity contribution in [3.05, 3.63) is 140 Å². The molecule has 1 aromatic heterocycles. The van der Waals surface area contributed by atoms with E-state index in [1.165, 1.54) is 65.5 Å². The van der Waals surface area contributed by atoms with E-state index in [9.17, 15) is 0 Å². The number of rotatable bonds is 3. The molecule has 0 spiro atoms. The average Bonchev–Trinajstić information content (AvgIpc) is 3.36. The van der Waals surface area contributed by atoms with Crippen molar-refractivity contribution in [1.82, 2.24) is 4.57 Å². The smallest absolute Gasteiger partial charge is 0.0625 e. The van der Waals surface area contributed by atoms with Crippen molar-refractivity contribution < 1.29 is 0 Å². The second-order valence-corrected chi connectivity index (χ2v) is 10.3. The normalized spacial score (nSPS) is 11.7. The lowest BCUT2D eigenvalue weighted by molar-refractivity contribution is 1.18. The quantitative estimate of drug-likeness (QED) is 0.220. The second-order valence-electron chi connectivity index (χ2n) is 10.3. The van der Waals surface area contributed by atoms with Gasteiger partial charge in [0.1, 0.15) is 0 Å². The van der Waals surface area contributed by atoms with Gasteiger partial charge in [0.25, 0.3) is 0 Å². The molecule has 7 aromatic carbocycles. The molecule has 0 saturated heterocycles. The van der Waals surface area contributed by atoms with Crippen molar-refractivity contribution in [2.45, 2.75) is 0 Å². The molecular weight excluding hydrogens is 472 g/mol. The van der Waals surface area contributed by atoms with Gasteiger partial charge in [-0.3, -0.25) is 0 Å². The van der Waals surface area contributed by atoms with Gasteiger partial charge in [-0.2, -0.15) is 0 Å². The van der Waals surface area contributed by atoms with Crippen molar-refractivity contribution >= 4 is 65.5 Å². The highest BCUT2D eigenvalue weighted by Crippen LogP contribution is 2.43. The van der Waals surface area contributed by atoms with Crippen LogP contribution >= 0.6 is 0 Å². The third kappa shape index (κ3) is 3.28. The molecule has 0 aliphatic rings. The van der Waals surface area contributed by atoms with E-state index in [-0.39, 0.29) is 0 Å². The Labute approximate surface area is 226 Å². The Bertz CT molecular complexity index is 2190. The topological polar surface area (TPSA) is 8.17 Å². The van der Waals surface area contributed by atoms with Crippen molar-refractivity contribution in [3.63, 3.8) is 0 Å². The number of para-hydroxylation sites is 1. The van der Waals surface area contributed by atoms with E-state index >= 15 is 0 Å².